The monoisotopic (exact) mass is 496 g/mol. The van der Waals surface area contributed by atoms with Crippen molar-refractivity contribution in [2.75, 3.05) is 0 Å². The van der Waals surface area contributed by atoms with Gasteiger partial charge in [0.15, 0.2) is 0 Å². The molecule has 0 heterocycles. The minimum Gasteiger partial charge on any atom is -0.273 e. The first-order chi connectivity index (χ1) is 10.9. The van der Waals surface area contributed by atoms with Crippen molar-refractivity contribution in [1.29, 1.82) is 0 Å². The summed E-state index contributed by atoms with van der Waals surface area (Å²) >= 11 is 1.51. The van der Waals surface area contributed by atoms with Crippen LogP contribution in [0.3, 0.4) is 0 Å². The second-order valence-electron chi connectivity index (χ2n) is 5.34. The second-order valence-corrected chi connectivity index (χ2v) is 12.4. The van der Waals surface area contributed by atoms with Gasteiger partial charge >= 0.3 is 34.9 Å². The molecule has 2 aliphatic carbocycles. The molecule has 0 spiro atoms. The van der Waals surface area contributed by atoms with Gasteiger partial charge in [0.1, 0.15) is 8.32 Å². The van der Waals surface area contributed by atoms with E-state index in [1.54, 1.807) is 6.61 Å². The van der Waals surface area contributed by atoms with Crippen molar-refractivity contribution in [3.63, 3.8) is 0 Å². The Morgan fingerprint density at radius 1 is 1.04 bits per heavy atom. The van der Waals surface area contributed by atoms with Crippen LogP contribution in [-0.2, 0) is 28.7 Å². The standard InChI is InChI=1S/C5H13OSi.2C5H5.C2H7Si.C2H4.2ClH.Zr/c1-5-6-7(2,3)4;2*1-2-4-5-3-1;1-3-2;1-2;;;/h5H,1-4H3;2*1-3H,4H2;3H,1-2H3;1H,2H3;2*1H;/q3*-1;;;;;. The van der Waals surface area contributed by atoms with E-state index in [4.69, 9.17) is 4.43 Å². The molecule has 0 saturated heterocycles. The van der Waals surface area contributed by atoms with Gasteiger partial charge in [-0.3, -0.25) is 12.2 Å². The number of halogens is 2. The molecular formula is C19H36Cl2OSi2Zr-3. The number of hydrogen-bond donors (Lipinski definition) is 0. The Hall–Kier alpha value is 0.687. The first-order valence-corrected chi connectivity index (χ1v) is 15.1. The molecule has 0 fully saturated rings. The van der Waals surface area contributed by atoms with Gasteiger partial charge in [0, 0.05) is 9.52 Å². The van der Waals surface area contributed by atoms with Crippen LogP contribution in [0.25, 0.3) is 0 Å². The minimum absolute atomic E-state index is 0. The van der Waals surface area contributed by atoms with Crippen molar-refractivity contribution in [2.45, 2.75) is 59.4 Å². The molecule has 1 radical (unpaired) electrons. The van der Waals surface area contributed by atoms with E-state index in [9.17, 15) is 0 Å². The number of hydrogen-bond acceptors (Lipinski definition) is 1. The largest absolute Gasteiger partial charge is 0.273 e. The van der Waals surface area contributed by atoms with Crippen LogP contribution < -0.4 is 0 Å². The van der Waals surface area contributed by atoms with Gasteiger partial charge in [0.05, 0.1) is 0 Å². The SMILES string of the molecule is C[CH-]O[Si](C)(C)C.C[CH]=[Zr].C[SiH]C.Cl.Cl.[C-]1=CC=CC1.[C-]1=CC=CC1. The summed E-state index contributed by atoms with van der Waals surface area (Å²) in [5.41, 5.74) is 0. The Morgan fingerprint density at radius 3 is 1.40 bits per heavy atom. The maximum absolute atomic E-state index is 5.24. The van der Waals surface area contributed by atoms with Crippen LogP contribution in [0.2, 0.25) is 32.7 Å². The Kier molecular flexibility index (Phi) is 47.4. The van der Waals surface area contributed by atoms with E-state index in [1.807, 2.05) is 38.2 Å². The molecule has 0 aromatic rings. The average molecular weight is 499 g/mol. The second kappa shape index (κ2) is 32.4. The molecule has 0 unspecified atom stereocenters. The Bertz CT molecular complexity index is 308. The van der Waals surface area contributed by atoms with Crippen LogP contribution in [0.1, 0.15) is 26.7 Å². The molecule has 6 heteroatoms. The zero-order valence-corrected chi connectivity index (χ0v) is 23.1. The zero-order valence-electron chi connectivity index (χ0n) is 16.8. The molecule has 0 aliphatic heterocycles. The van der Waals surface area contributed by atoms with E-state index >= 15 is 0 Å². The topological polar surface area (TPSA) is 9.23 Å². The van der Waals surface area contributed by atoms with Crippen LogP contribution in [0.15, 0.2) is 36.5 Å². The fraction of sp³-hybridized carbons (Fsp3) is 0.474. The summed E-state index contributed by atoms with van der Waals surface area (Å²) in [4.78, 5) is 0. The molecule has 147 valence electrons. The van der Waals surface area contributed by atoms with Crippen molar-refractivity contribution in [3.05, 3.63) is 55.2 Å². The Morgan fingerprint density at radius 2 is 1.36 bits per heavy atom. The van der Waals surface area contributed by atoms with Gasteiger partial charge in [0.2, 0.25) is 0 Å². The summed E-state index contributed by atoms with van der Waals surface area (Å²) in [5.74, 6) is 0. The van der Waals surface area contributed by atoms with Crippen LogP contribution in [0.5, 0.6) is 0 Å². The third kappa shape index (κ3) is 58.9. The summed E-state index contributed by atoms with van der Waals surface area (Å²) in [7, 11) is -0.463. The van der Waals surface area contributed by atoms with Crippen LogP contribution >= 0.6 is 24.8 Å². The van der Waals surface area contributed by atoms with Crippen molar-refractivity contribution < 1.29 is 28.7 Å². The van der Waals surface area contributed by atoms with Gasteiger partial charge in [-0.1, -0.05) is 13.1 Å². The third-order valence-corrected chi connectivity index (χ3v) is 2.59. The van der Waals surface area contributed by atoms with Crippen molar-refractivity contribution in [1.82, 2.24) is 0 Å². The molecule has 25 heavy (non-hydrogen) atoms. The molecule has 0 aromatic heterocycles. The van der Waals surface area contributed by atoms with Crippen LogP contribution in [0.4, 0.5) is 0 Å². The van der Waals surface area contributed by atoms with Gasteiger partial charge in [-0.2, -0.15) is 19.1 Å². The summed E-state index contributed by atoms with van der Waals surface area (Å²) in [5, 5.41) is 0. The summed E-state index contributed by atoms with van der Waals surface area (Å²) in [6.07, 6.45) is 20.0. The van der Waals surface area contributed by atoms with Gasteiger partial charge < -0.3 is 4.43 Å². The van der Waals surface area contributed by atoms with E-state index in [0.717, 1.165) is 22.4 Å². The smallest absolute Gasteiger partial charge is 0.0213 e. The maximum atomic E-state index is 5.24. The van der Waals surface area contributed by atoms with E-state index < -0.39 is 8.32 Å². The molecule has 0 amide bonds. The van der Waals surface area contributed by atoms with E-state index in [0.29, 0.717) is 0 Å². The summed E-state index contributed by atoms with van der Waals surface area (Å²) in [6.45, 7) is 16.6. The summed E-state index contributed by atoms with van der Waals surface area (Å²) < 4.78 is 7.33. The Labute approximate surface area is 188 Å². The average Bonchev–Trinajstić information content (AvgIpc) is 3.19. The molecule has 0 saturated carbocycles. The van der Waals surface area contributed by atoms with Crippen LogP contribution in [0, 0.1) is 18.8 Å². The first-order valence-electron chi connectivity index (χ1n) is 7.97. The molecule has 0 aromatic carbocycles. The van der Waals surface area contributed by atoms with Crippen LogP contribution in [-0.4, -0.2) is 21.5 Å². The quantitative estimate of drug-likeness (QED) is 0.318. The van der Waals surface area contributed by atoms with Crippen molar-refractivity contribution in [2.24, 2.45) is 0 Å². The first kappa shape index (κ1) is 36.6. The fourth-order valence-electron chi connectivity index (χ4n) is 1.03. The van der Waals surface area contributed by atoms with Crippen molar-refractivity contribution in [3.8, 4) is 0 Å². The van der Waals surface area contributed by atoms with Gasteiger partial charge in [-0.15, -0.1) is 37.7 Å². The molecule has 0 N–H and O–H groups in total. The number of allylic oxidation sites excluding steroid dienone is 8. The van der Waals surface area contributed by atoms with E-state index in [-0.39, 0.29) is 24.8 Å². The molecular weight excluding hydrogens is 463 g/mol. The Balaban J connectivity index is -0.0000000677. The molecule has 1 nitrogen and oxygen atoms in total. The molecule has 2 rings (SSSR count). The molecule has 0 atom stereocenters. The zero-order chi connectivity index (χ0) is 18.4. The molecule has 2 aliphatic rings. The third-order valence-electron chi connectivity index (χ3n) is 1.64. The van der Waals surface area contributed by atoms with E-state index in [2.05, 4.69) is 60.7 Å². The minimum atomic E-state index is -1.21. The van der Waals surface area contributed by atoms with E-state index in [1.165, 1.54) is 24.2 Å². The number of rotatable bonds is 2. The normalized spacial score (nSPS) is 11.6. The maximum Gasteiger partial charge on any atom is 0.0213 e. The van der Waals surface area contributed by atoms with Gasteiger partial charge in [0.25, 0.3) is 0 Å². The van der Waals surface area contributed by atoms with Crippen molar-refractivity contribution >= 4 is 46.4 Å². The predicted molar refractivity (Wildman–Crippen MR) is 123 cm³/mol. The van der Waals surface area contributed by atoms with Gasteiger partial charge in [-0.05, 0) is 19.6 Å². The van der Waals surface area contributed by atoms with Gasteiger partial charge in [-0.25, -0.2) is 30.9 Å². The molecule has 0 bridgehead atoms. The summed E-state index contributed by atoms with van der Waals surface area (Å²) in [6, 6.07) is 0. The predicted octanol–water partition coefficient (Wildman–Crippen LogP) is 6.35. The fourth-order valence-corrected chi connectivity index (χ4v) is 1.74.